The van der Waals surface area contributed by atoms with E-state index in [0.717, 1.165) is 23.3 Å². The first-order valence-corrected chi connectivity index (χ1v) is 9.39. The molecule has 2 aromatic carbocycles. The van der Waals surface area contributed by atoms with Crippen LogP contribution < -0.4 is 14.8 Å². The lowest BCUT2D eigenvalue weighted by molar-refractivity contribution is -0.121. The summed E-state index contributed by atoms with van der Waals surface area (Å²) in [4.78, 5) is 16.3. The predicted octanol–water partition coefficient (Wildman–Crippen LogP) is 4.52. The summed E-state index contributed by atoms with van der Waals surface area (Å²) >= 11 is 0. The zero-order chi connectivity index (χ0) is 19.6. The molecular formula is C23H24N2O3. The Labute approximate surface area is 165 Å². The topological polar surface area (TPSA) is 60.5 Å². The van der Waals surface area contributed by atoms with Crippen LogP contribution in [-0.2, 0) is 17.8 Å². The molecule has 5 heteroatoms. The van der Waals surface area contributed by atoms with E-state index >= 15 is 0 Å². The monoisotopic (exact) mass is 376 g/mol. The molecule has 1 heterocycles. The van der Waals surface area contributed by atoms with E-state index in [1.807, 2.05) is 73.7 Å². The third-order valence-corrected chi connectivity index (χ3v) is 4.13. The molecule has 28 heavy (non-hydrogen) atoms. The fourth-order valence-corrected chi connectivity index (χ4v) is 2.70. The summed E-state index contributed by atoms with van der Waals surface area (Å²) in [5.41, 5.74) is 2.09. The van der Waals surface area contributed by atoms with Gasteiger partial charge in [0.2, 0.25) is 11.8 Å². The van der Waals surface area contributed by atoms with E-state index in [2.05, 4.69) is 10.3 Å². The fraction of sp³-hybridized carbons (Fsp3) is 0.217. The standard InChI is InChI=1S/C23H24N2O3/c1-2-27-20-9-11-21(12-10-20)28-23-16-19(14-15-24-23)17-25-22(26)13-8-18-6-4-3-5-7-18/h3-7,9-12,14-16H,2,8,13,17H2,1H3,(H,25,26). The maximum atomic E-state index is 12.1. The fourth-order valence-electron chi connectivity index (χ4n) is 2.70. The van der Waals surface area contributed by atoms with Gasteiger partial charge in [-0.15, -0.1) is 0 Å². The van der Waals surface area contributed by atoms with Crippen LogP contribution in [0.1, 0.15) is 24.5 Å². The molecule has 0 fully saturated rings. The molecule has 0 radical (unpaired) electrons. The van der Waals surface area contributed by atoms with Crippen molar-refractivity contribution in [1.82, 2.24) is 10.3 Å². The minimum atomic E-state index is 0.0228. The summed E-state index contributed by atoms with van der Waals surface area (Å²) in [5, 5.41) is 2.94. The Morgan fingerprint density at radius 1 is 0.964 bits per heavy atom. The number of carbonyl (C=O) groups is 1. The normalized spacial score (nSPS) is 10.3. The molecule has 0 atom stereocenters. The van der Waals surface area contributed by atoms with Crippen LogP contribution in [0.25, 0.3) is 0 Å². The van der Waals surface area contributed by atoms with Gasteiger partial charge in [0.05, 0.1) is 6.61 Å². The van der Waals surface area contributed by atoms with Crippen molar-refractivity contribution >= 4 is 5.91 Å². The number of hydrogen-bond acceptors (Lipinski definition) is 4. The Morgan fingerprint density at radius 2 is 1.71 bits per heavy atom. The molecular weight excluding hydrogens is 352 g/mol. The van der Waals surface area contributed by atoms with Crippen LogP contribution in [0.3, 0.4) is 0 Å². The quantitative estimate of drug-likeness (QED) is 0.596. The molecule has 0 aliphatic carbocycles. The molecule has 0 unspecified atom stereocenters. The molecule has 0 aliphatic rings. The molecule has 0 saturated carbocycles. The Bertz CT molecular complexity index is 880. The minimum absolute atomic E-state index is 0.0228. The van der Waals surface area contributed by atoms with E-state index < -0.39 is 0 Å². The SMILES string of the molecule is CCOc1ccc(Oc2cc(CNC(=O)CCc3ccccc3)ccn2)cc1. The van der Waals surface area contributed by atoms with Gasteiger partial charge in [0.15, 0.2) is 0 Å². The smallest absolute Gasteiger partial charge is 0.220 e. The lowest BCUT2D eigenvalue weighted by Gasteiger charge is -2.09. The molecule has 5 nitrogen and oxygen atoms in total. The number of nitrogens with zero attached hydrogens (tertiary/aromatic N) is 1. The third-order valence-electron chi connectivity index (χ3n) is 4.13. The van der Waals surface area contributed by atoms with Gasteiger partial charge in [-0.3, -0.25) is 4.79 Å². The maximum Gasteiger partial charge on any atom is 0.220 e. The van der Waals surface area contributed by atoms with Crippen molar-refractivity contribution in [1.29, 1.82) is 0 Å². The number of aromatic nitrogens is 1. The minimum Gasteiger partial charge on any atom is -0.494 e. The highest BCUT2D eigenvalue weighted by Gasteiger charge is 2.05. The van der Waals surface area contributed by atoms with Crippen LogP contribution in [0.5, 0.6) is 17.4 Å². The molecule has 3 aromatic rings. The molecule has 3 rings (SSSR count). The molecule has 0 aliphatic heterocycles. The molecule has 1 N–H and O–H groups in total. The maximum absolute atomic E-state index is 12.1. The first-order valence-electron chi connectivity index (χ1n) is 9.39. The van der Waals surface area contributed by atoms with Crippen molar-refractivity contribution in [2.45, 2.75) is 26.3 Å². The summed E-state index contributed by atoms with van der Waals surface area (Å²) < 4.78 is 11.2. The third kappa shape index (κ3) is 6.13. The molecule has 1 amide bonds. The molecule has 1 aromatic heterocycles. The number of hydrogen-bond donors (Lipinski definition) is 1. The van der Waals surface area contributed by atoms with Gasteiger partial charge in [-0.25, -0.2) is 4.98 Å². The van der Waals surface area contributed by atoms with E-state index in [1.54, 1.807) is 6.20 Å². The average molecular weight is 376 g/mol. The highest BCUT2D eigenvalue weighted by Crippen LogP contribution is 2.23. The Hall–Kier alpha value is -3.34. The summed E-state index contributed by atoms with van der Waals surface area (Å²) in [6, 6.07) is 21.1. The number of aryl methyl sites for hydroxylation is 1. The van der Waals surface area contributed by atoms with Gasteiger partial charge in [-0.05, 0) is 54.8 Å². The lowest BCUT2D eigenvalue weighted by atomic mass is 10.1. The van der Waals surface area contributed by atoms with E-state index in [-0.39, 0.29) is 5.91 Å². The van der Waals surface area contributed by atoms with Gasteiger partial charge in [0.1, 0.15) is 11.5 Å². The molecule has 144 valence electrons. The van der Waals surface area contributed by atoms with Gasteiger partial charge >= 0.3 is 0 Å². The highest BCUT2D eigenvalue weighted by molar-refractivity contribution is 5.76. The second-order valence-electron chi connectivity index (χ2n) is 6.27. The van der Waals surface area contributed by atoms with Crippen LogP contribution in [-0.4, -0.2) is 17.5 Å². The van der Waals surface area contributed by atoms with Crippen molar-refractivity contribution in [3.05, 3.63) is 84.1 Å². The zero-order valence-electron chi connectivity index (χ0n) is 15.9. The molecule has 0 spiro atoms. The van der Waals surface area contributed by atoms with E-state index in [0.29, 0.717) is 31.2 Å². The second kappa shape index (κ2) is 10.1. The Morgan fingerprint density at radius 3 is 2.46 bits per heavy atom. The summed E-state index contributed by atoms with van der Waals surface area (Å²) in [6.07, 6.45) is 2.87. The van der Waals surface area contributed by atoms with E-state index in [1.165, 1.54) is 0 Å². The number of nitrogens with one attached hydrogen (secondary N) is 1. The predicted molar refractivity (Wildman–Crippen MR) is 109 cm³/mol. The van der Waals surface area contributed by atoms with E-state index in [9.17, 15) is 4.79 Å². The Balaban J connectivity index is 1.49. The van der Waals surface area contributed by atoms with Gasteiger partial charge < -0.3 is 14.8 Å². The number of pyridine rings is 1. The van der Waals surface area contributed by atoms with Gasteiger partial charge in [0.25, 0.3) is 0 Å². The van der Waals surface area contributed by atoms with Crippen LogP contribution in [0.4, 0.5) is 0 Å². The summed E-state index contributed by atoms with van der Waals surface area (Å²) in [7, 11) is 0. The number of carbonyl (C=O) groups excluding carboxylic acids is 1. The summed E-state index contributed by atoms with van der Waals surface area (Å²) in [5.74, 6) is 1.99. The van der Waals surface area contributed by atoms with Gasteiger partial charge in [-0.1, -0.05) is 30.3 Å². The molecule has 0 saturated heterocycles. The van der Waals surface area contributed by atoms with Gasteiger partial charge in [-0.2, -0.15) is 0 Å². The van der Waals surface area contributed by atoms with Crippen molar-refractivity contribution in [3.63, 3.8) is 0 Å². The van der Waals surface area contributed by atoms with Crippen LogP contribution >= 0.6 is 0 Å². The largest absolute Gasteiger partial charge is 0.494 e. The van der Waals surface area contributed by atoms with Crippen molar-refractivity contribution < 1.29 is 14.3 Å². The molecule has 0 bridgehead atoms. The first kappa shape index (κ1) is 19.4. The number of rotatable bonds is 9. The van der Waals surface area contributed by atoms with Crippen molar-refractivity contribution in [3.8, 4) is 17.4 Å². The van der Waals surface area contributed by atoms with Gasteiger partial charge in [0, 0.05) is 25.2 Å². The van der Waals surface area contributed by atoms with E-state index in [4.69, 9.17) is 9.47 Å². The second-order valence-corrected chi connectivity index (χ2v) is 6.27. The summed E-state index contributed by atoms with van der Waals surface area (Å²) in [6.45, 7) is 3.01. The lowest BCUT2D eigenvalue weighted by Crippen LogP contribution is -2.23. The number of amides is 1. The number of benzene rings is 2. The highest BCUT2D eigenvalue weighted by atomic mass is 16.5. The number of ether oxygens (including phenoxy) is 2. The van der Waals surface area contributed by atoms with Crippen LogP contribution in [0, 0.1) is 0 Å². The average Bonchev–Trinajstić information content (AvgIpc) is 2.73. The van der Waals surface area contributed by atoms with Crippen LogP contribution in [0.2, 0.25) is 0 Å². The van der Waals surface area contributed by atoms with Crippen LogP contribution in [0.15, 0.2) is 72.9 Å². The van der Waals surface area contributed by atoms with Crippen molar-refractivity contribution in [2.75, 3.05) is 6.61 Å². The zero-order valence-corrected chi connectivity index (χ0v) is 15.9. The van der Waals surface area contributed by atoms with Crippen molar-refractivity contribution in [2.24, 2.45) is 0 Å². The first-order chi connectivity index (χ1) is 13.7. The Kier molecular flexibility index (Phi) is 7.01.